The Labute approximate surface area is 121 Å². The van der Waals surface area contributed by atoms with Crippen molar-refractivity contribution >= 4 is 15.7 Å². The van der Waals surface area contributed by atoms with Crippen molar-refractivity contribution in [2.24, 2.45) is 5.92 Å². The summed E-state index contributed by atoms with van der Waals surface area (Å²) in [4.78, 5) is 12.2. The lowest BCUT2D eigenvalue weighted by Crippen LogP contribution is -2.29. The molecule has 0 bridgehead atoms. The van der Waals surface area contributed by atoms with Crippen molar-refractivity contribution in [3.8, 4) is 0 Å². The zero-order valence-corrected chi connectivity index (χ0v) is 13.2. The first kappa shape index (κ1) is 16.7. The number of hydrogen-bond donors (Lipinski definition) is 1. The Bertz CT molecular complexity index is 531. The Morgan fingerprint density at radius 1 is 1.10 bits per heavy atom. The van der Waals surface area contributed by atoms with Crippen molar-refractivity contribution in [1.82, 2.24) is 5.32 Å². The van der Waals surface area contributed by atoms with Crippen LogP contribution in [0.15, 0.2) is 29.2 Å². The molecule has 0 fully saturated rings. The van der Waals surface area contributed by atoms with Crippen LogP contribution in [-0.2, 0) is 21.2 Å². The molecular weight excluding hydrogens is 274 g/mol. The Morgan fingerprint density at radius 3 is 2.10 bits per heavy atom. The molecule has 0 radical (unpaired) electrons. The molecule has 0 aromatic heterocycles. The summed E-state index contributed by atoms with van der Waals surface area (Å²) in [5, 5.41) is 2.88. The maximum Gasteiger partial charge on any atom is 0.223 e. The zero-order chi connectivity index (χ0) is 15.2. The van der Waals surface area contributed by atoms with Crippen LogP contribution >= 0.6 is 0 Å². The minimum absolute atomic E-state index is 0.0507. The molecule has 1 N–H and O–H groups in total. The van der Waals surface area contributed by atoms with Crippen molar-refractivity contribution in [3.63, 3.8) is 0 Å². The summed E-state index contributed by atoms with van der Waals surface area (Å²) >= 11 is 0. The van der Waals surface area contributed by atoms with Crippen molar-refractivity contribution in [2.45, 2.75) is 45.1 Å². The van der Waals surface area contributed by atoms with Gasteiger partial charge in [-0.2, -0.15) is 0 Å². The highest BCUT2D eigenvalue weighted by molar-refractivity contribution is 7.91. The van der Waals surface area contributed by atoms with Gasteiger partial charge in [0.25, 0.3) is 0 Å². The molecule has 20 heavy (non-hydrogen) atoms. The molecule has 0 saturated carbocycles. The summed E-state index contributed by atoms with van der Waals surface area (Å²) in [7, 11) is -3.15. The van der Waals surface area contributed by atoms with Gasteiger partial charge in [0.15, 0.2) is 9.84 Å². The van der Waals surface area contributed by atoms with E-state index in [1.165, 1.54) is 0 Å². The molecule has 0 heterocycles. The van der Waals surface area contributed by atoms with Gasteiger partial charge in [0.05, 0.1) is 10.6 Å². The Kier molecular flexibility index (Phi) is 6.20. The lowest BCUT2D eigenvalue weighted by Gasteiger charge is -2.12. The van der Waals surface area contributed by atoms with Gasteiger partial charge in [-0.15, -0.1) is 0 Å². The summed E-state index contributed by atoms with van der Waals surface area (Å²) in [6.07, 6.45) is 1.66. The summed E-state index contributed by atoms with van der Waals surface area (Å²) in [5.74, 6) is 0.201. The molecule has 0 unspecified atom stereocenters. The molecule has 0 aliphatic carbocycles. The summed E-state index contributed by atoms with van der Waals surface area (Å²) in [6, 6.07) is 6.68. The SMILES string of the molecule is CCC(CC)C(=O)NCc1ccc(S(=O)(=O)CC)cc1. The Balaban J connectivity index is 2.65. The maximum absolute atomic E-state index is 11.8. The highest BCUT2D eigenvalue weighted by atomic mass is 32.2. The number of carbonyl (C=O) groups is 1. The standard InChI is InChI=1S/C15H23NO3S/c1-4-13(5-2)15(17)16-11-12-7-9-14(10-8-12)20(18,19)6-3/h7-10,13H,4-6,11H2,1-3H3,(H,16,17). The molecule has 1 aromatic carbocycles. The number of hydrogen-bond acceptors (Lipinski definition) is 3. The van der Waals surface area contributed by atoms with E-state index in [1.54, 1.807) is 31.2 Å². The Hall–Kier alpha value is -1.36. The van der Waals surface area contributed by atoms with Crippen molar-refractivity contribution in [1.29, 1.82) is 0 Å². The van der Waals surface area contributed by atoms with Crippen LogP contribution in [0.2, 0.25) is 0 Å². The van der Waals surface area contributed by atoms with Gasteiger partial charge in [-0.3, -0.25) is 4.79 Å². The van der Waals surface area contributed by atoms with E-state index in [9.17, 15) is 13.2 Å². The minimum Gasteiger partial charge on any atom is -0.352 e. The summed E-state index contributed by atoms with van der Waals surface area (Å²) in [6.45, 7) is 6.05. The van der Waals surface area contributed by atoms with Gasteiger partial charge in [-0.05, 0) is 30.5 Å². The second-order valence-electron chi connectivity index (χ2n) is 4.78. The largest absolute Gasteiger partial charge is 0.352 e. The first-order valence-corrected chi connectivity index (χ1v) is 8.69. The normalized spacial score (nSPS) is 11.6. The smallest absolute Gasteiger partial charge is 0.223 e. The van der Waals surface area contributed by atoms with Gasteiger partial charge in [0.1, 0.15) is 0 Å². The van der Waals surface area contributed by atoms with Gasteiger partial charge in [-0.1, -0.05) is 32.9 Å². The average molecular weight is 297 g/mol. The van der Waals surface area contributed by atoms with E-state index in [2.05, 4.69) is 5.32 Å². The van der Waals surface area contributed by atoms with E-state index >= 15 is 0 Å². The number of carbonyl (C=O) groups excluding carboxylic acids is 1. The highest BCUT2D eigenvalue weighted by Crippen LogP contribution is 2.13. The topological polar surface area (TPSA) is 63.2 Å². The second-order valence-corrected chi connectivity index (χ2v) is 7.06. The zero-order valence-electron chi connectivity index (χ0n) is 12.3. The number of nitrogens with one attached hydrogen (secondary N) is 1. The van der Waals surface area contributed by atoms with E-state index in [-0.39, 0.29) is 17.6 Å². The molecule has 0 spiro atoms. The van der Waals surface area contributed by atoms with Crippen LogP contribution in [0.4, 0.5) is 0 Å². The quantitative estimate of drug-likeness (QED) is 0.841. The van der Waals surface area contributed by atoms with Crippen LogP contribution in [-0.4, -0.2) is 20.1 Å². The van der Waals surface area contributed by atoms with Gasteiger partial charge >= 0.3 is 0 Å². The van der Waals surface area contributed by atoms with Crippen molar-refractivity contribution in [2.75, 3.05) is 5.75 Å². The lowest BCUT2D eigenvalue weighted by atomic mass is 10.0. The number of amides is 1. The van der Waals surface area contributed by atoms with Gasteiger partial charge in [0.2, 0.25) is 5.91 Å². The third kappa shape index (κ3) is 4.34. The molecule has 1 aromatic rings. The van der Waals surface area contributed by atoms with Crippen molar-refractivity contribution in [3.05, 3.63) is 29.8 Å². The van der Waals surface area contributed by atoms with E-state index in [1.807, 2.05) is 13.8 Å². The monoisotopic (exact) mass is 297 g/mol. The molecule has 112 valence electrons. The number of benzene rings is 1. The molecule has 1 amide bonds. The van der Waals surface area contributed by atoms with E-state index in [4.69, 9.17) is 0 Å². The molecule has 0 atom stereocenters. The first-order valence-electron chi connectivity index (χ1n) is 7.04. The average Bonchev–Trinajstić information content (AvgIpc) is 2.47. The summed E-state index contributed by atoms with van der Waals surface area (Å²) in [5.41, 5.74) is 0.902. The fourth-order valence-corrected chi connectivity index (χ4v) is 2.86. The van der Waals surface area contributed by atoms with Gasteiger partial charge < -0.3 is 5.32 Å². The minimum atomic E-state index is -3.15. The molecular formula is C15H23NO3S. The fourth-order valence-electron chi connectivity index (χ4n) is 1.97. The highest BCUT2D eigenvalue weighted by Gasteiger charge is 2.14. The molecule has 5 heteroatoms. The second kappa shape index (κ2) is 7.43. The molecule has 0 saturated heterocycles. The van der Waals surface area contributed by atoms with Crippen LogP contribution in [0.25, 0.3) is 0 Å². The fraction of sp³-hybridized carbons (Fsp3) is 0.533. The van der Waals surface area contributed by atoms with Gasteiger partial charge in [0, 0.05) is 12.5 Å². The maximum atomic E-state index is 11.8. The molecule has 0 aliphatic heterocycles. The van der Waals surface area contributed by atoms with Crippen molar-refractivity contribution < 1.29 is 13.2 Å². The molecule has 0 aliphatic rings. The number of sulfone groups is 1. The van der Waals surface area contributed by atoms with Crippen LogP contribution in [0.5, 0.6) is 0 Å². The van der Waals surface area contributed by atoms with E-state index in [0.717, 1.165) is 18.4 Å². The first-order chi connectivity index (χ1) is 9.44. The Morgan fingerprint density at radius 2 is 1.65 bits per heavy atom. The molecule has 1 rings (SSSR count). The summed E-state index contributed by atoms with van der Waals surface area (Å²) < 4.78 is 23.4. The lowest BCUT2D eigenvalue weighted by molar-refractivity contribution is -0.125. The van der Waals surface area contributed by atoms with E-state index < -0.39 is 9.84 Å². The van der Waals surface area contributed by atoms with Crippen LogP contribution in [0, 0.1) is 5.92 Å². The van der Waals surface area contributed by atoms with Crippen LogP contribution in [0.1, 0.15) is 39.2 Å². The predicted octanol–water partition coefficient (Wildman–Crippen LogP) is 2.53. The van der Waals surface area contributed by atoms with E-state index in [0.29, 0.717) is 11.4 Å². The van der Waals surface area contributed by atoms with Crippen LogP contribution in [0.3, 0.4) is 0 Å². The van der Waals surface area contributed by atoms with Gasteiger partial charge in [-0.25, -0.2) is 8.42 Å². The third-order valence-corrected chi connectivity index (χ3v) is 5.24. The number of rotatable bonds is 7. The third-order valence-electron chi connectivity index (χ3n) is 3.49. The van der Waals surface area contributed by atoms with Crippen LogP contribution < -0.4 is 5.32 Å². The predicted molar refractivity (Wildman–Crippen MR) is 80.1 cm³/mol. The molecule has 4 nitrogen and oxygen atoms in total.